The van der Waals surface area contributed by atoms with Crippen molar-refractivity contribution in [1.82, 2.24) is 15.5 Å². The Hall–Kier alpha value is -1.36. The minimum atomic E-state index is -0.280. The molecule has 0 rings (SSSR count). The molecule has 0 saturated carbocycles. The normalized spacial score (nSPS) is 9.80. The molecule has 0 radical (unpaired) electrons. The molecule has 0 atom stereocenters. The van der Waals surface area contributed by atoms with Crippen LogP contribution in [0.4, 0.5) is 0 Å². The molecule has 0 aromatic carbocycles. The molecule has 2 amide bonds. The van der Waals surface area contributed by atoms with Gasteiger partial charge in [0, 0.05) is 19.6 Å². The largest absolute Gasteiger partial charge is 0.354 e. The van der Waals surface area contributed by atoms with Gasteiger partial charge in [0.2, 0.25) is 11.8 Å². The Bertz CT molecular complexity index is 227. The molecule has 0 unspecified atom stereocenters. The SMILES string of the molecule is C=CCNC(=O)CC(=O)NCCN(C)C. The summed E-state index contributed by atoms with van der Waals surface area (Å²) < 4.78 is 0. The topological polar surface area (TPSA) is 61.4 Å². The van der Waals surface area contributed by atoms with Crippen LogP contribution < -0.4 is 10.6 Å². The average molecular weight is 213 g/mol. The molecule has 0 aliphatic carbocycles. The number of rotatable bonds is 7. The maximum Gasteiger partial charge on any atom is 0.229 e. The van der Waals surface area contributed by atoms with Crippen LogP contribution in [0.1, 0.15) is 6.42 Å². The molecule has 0 spiro atoms. The van der Waals surface area contributed by atoms with E-state index >= 15 is 0 Å². The van der Waals surface area contributed by atoms with Crippen LogP contribution in [-0.2, 0) is 9.59 Å². The molecule has 0 aliphatic rings. The van der Waals surface area contributed by atoms with Crippen LogP contribution in [-0.4, -0.2) is 50.4 Å². The van der Waals surface area contributed by atoms with Crippen LogP contribution >= 0.6 is 0 Å². The first-order valence-electron chi connectivity index (χ1n) is 4.85. The lowest BCUT2D eigenvalue weighted by Gasteiger charge is -2.10. The standard InChI is InChI=1S/C10H19N3O2/c1-4-5-11-9(14)8-10(15)12-6-7-13(2)3/h4H,1,5-8H2,2-3H3,(H,11,14)(H,12,15). The summed E-state index contributed by atoms with van der Waals surface area (Å²) in [4.78, 5) is 24.2. The highest BCUT2D eigenvalue weighted by molar-refractivity contribution is 5.96. The van der Waals surface area contributed by atoms with Gasteiger partial charge in [-0.2, -0.15) is 0 Å². The van der Waals surface area contributed by atoms with Crippen LogP contribution in [0, 0.1) is 0 Å². The molecule has 0 aromatic heterocycles. The predicted molar refractivity (Wildman–Crippen MR) is 59.4 cm³/mol. The van der Waals surface area contributed by atoms with E-state index in [9.17, 15) is 9.59 Å². The van der Waals surface area contributed by atoms with Crippen molar-refractivity contribution in [2.45, 2.75) is 6.42 Å². The summed E-state index contributed by atoms with van der Waals surface area (Å²) in [7, 11) is 3.84. The highest BCUT2D eigenvalue weighted by atomic mass is 16.2. The number of carbonyl (C=O) groups is 2. The van der Waals surface area contributed by atoms with Crippen molar-refractivity contribution in [2.75, 3.05) is 33.7 Å². The summed E-state index contributed by atoms with van der Waals surface area (Å²) in [6.07, 6.45) is 1.45. The molecule has 86 valence electrons. The van der Waals surface area contributed by atoms with Crippen LogP contribution in [0.3, 0.4) is 0 Å². The Balaban J connectivity index is 3.55. The van der Waals surface area contributed by atoms with E-state index in [1.54, 1.807) is 6.08 Å². The van der Waals surface area contributed by atoms with Crippen molar-refractivity contribution in [3.63, 3.8) is 0 Å². The average Bonchev–Trinajstić information content (AvgIpc) is 2.14. The van der Waals surface area contributed by atoms with Gasteiger partial charge >= 0.3 is 0 Å². The maximum atomic E-state index is 11.2. The second-order valence-electron chi connectivity index (χ2n) is 3.42. The molecule has 0 aliphatic heterocycles. The maximum absolute atomic E-state index is 11.2. The van der Waals surface area contributed by atoms with E-state index < -0.39 is 0 Å². The van der Waals surface area contributed by atoms with E-state index in [4.69, 9.17) is 0 Å². The summed E-state index contributed by atoms with van der Waals surface area (Å²) in [5.74, 6) is -0.532. The Kier molecular flexibility index (Phi) is 7.27. The molecule has 5 nitrogen and oxygen atoms in total. The number of likely N-dealkylation sites (N-methyl/N-ethyl adjacent to an activating group) is 1. The van der Waals surface area contributed by atoms with Gasteiger partial charge in [-0.15, -0.1) is 6.58 Å². The fourth-order valence-electron chi connectivity index (χ4n) is 0.876. The van der Waals surface area contributed by atoms with Crippen molar-refractivity contribution in [2.24, 2.45) is 0 Å². The van der Waals surface area contributed by atoms with Gasteiger partial charge in [-0.05, 0) is 14.1 Å². The van der Waals surface area contributed by atoms with E-state index in [1.807, 2.05) is 19.0 Å². The van der Waals surface area contributed by atoms with Gasteiger partial charge in [0.25, 0.3) is 0 Å². The van der Waals surface area contributed by atoms with E-state index in [0.717, 1.165) is 6.54 Å². The van der Waals surface area contributed by atoms with Crippen molar-refractivity contribution in [3.05, 3.63) is 12.7 Å². The number of nitrogens with zero attached hydrogens (tertiary/aromatic N) is 1. The van der Waals surface area contributed by atoms with Crippen molar-refractivity contribution in [3.8, 4) is 0 Å². The quantitative estimate of drug-likeness (QED) is 0.437. The summed E-state index contributed by atoms with van der Waals surface area (Å²) in [6, 6.07) is 0. The van der Waals surface area contributed by atoms with Crippen LogP contribution in [0.2, 0.25) is 0 Å². The Morgan fingerprint density at radius 2 is 1.87 bits per heavy atom. The minimum absolute atomic E-state index is 0.124. The van der Waals surface area contributed by atoms with Gasteiger partial charge in [0.15, 0.2) is 0 Å². The van der Waals surface area contributed by atoms with Crippen LogP contribution in [0.25, 0.3) is 0 Å². The second kappa shape index (κ2) is 7.99. The second-order valence-corrected chi connectivity index (χ2v) is 3.42. The molecular formula is C10H19N3O2. The molecule has 0 fully saturated rings. The molecule has 0 aromatic rings. The van der Waals surface area contributed by atoms with Crippen molar-refractivity contribution in [1.29, 1.82) is 0 Å². The Labute approximate surface area is 90.5 Å². The summed E-state index contributed by atoms with van der Waals surface area (Å²) in [5, 5.41) is 5.19. The van der Waals surface area contributed by atoms with E-state index in [2.05, 4.69) is 17.2 Å². The van der Waals surface area contributed by atoms with Gasteiger partial charge in [0.05, 0.1) is 0 Å². The number of hydrogen-bond acceptors (Lipinski definition) is 3. The predicted octanol–water partition coefficient (Wildman–Crippen LogP) is -0.643. The first kappa shape index (κ1) is 13.6. The lowest BCUT2D eigenvalue weighted by molar-refractivity contribution is -0.129. The molecule has 0 bridgehead atoms. The highest BCUT2D eigenvalue weighted by Gasteiger charge is 2.07. The fourth-order valence-corrected chi connectivity index (χ4v) is 0.876. The fraction of sp³-hybridized carbons (Fsp3) is 0.600. The smallest absolute Gasteiger partial charge is 0.229 e. The van der Waals surface area contributed by atoms with Gasteiger partial charge in [-0.1, -0.05) is 6.08 Å². The molecule has 5 heteroatoms. The Morgan fingerprint density at radius 3 is 2.40 bits per heavy atom. The first-order chi connectivity index (χ1) is 7.06. The van der Waals surface area contributed by atoms with E-state index in [-0.39, 0.29) is 18.2 Å². The van der Waals surface area contributed by atoms with Crippen LogP contribution in [0.15, 0.2) is 12.7 Å². The third-order valence-corrected chi connectivity index (χ3v) is 1.65. The van der Waals surface area contributed by atoms with Crippen molar-refractivity contribution < 1.29 is 9.59 Å². The van der Waals surface area contributed by atoms with Gasteiger partial charge in [-0.3, -0.25) is 9.59 Å². The zero-order valence-electron chi connectivity index (χ0n) is 9.38. The van der Waals surface area contributed by atoms with Gasteiger partial charge in [-0.25, -0.2) is 0 Å². The summed E-state index contributed by atoms with van der Waals surface area (Å²) in [6.45, 7) is 5.17. The van der Waals surface area contributed by atoms with E-state index in [1.165, 1.54) is 0 Å². The van der Waals surface area contributed by atoms with Gasteiger partial charge < -0.3 is 15.5 Å². The summed E-state index contributed by atoms with van der Waals surface area (Å²) in [5.41, 5.74) is 0. The lowest BCUT2D eigenvalue weighted by atomic mass is 10.3. The molecule has 0 heterocycles. The van der Waals surface area contributed by atoms with Gasteiger partial charge in [0.1, 0.15) is 6.42 Å². The zero-order valence-corrected chi connectivity index (χ0v) is 9.38. The van der Waals surface area contributed by atoms with Crippen LogP contribution in [0.5, 0.6) is 0 Å². The third kappa shape index (κ3) is 8.96. The molecule has 0 saturated heterocycles. The number of carbonyl (C=O) groups excluding carboxylic acids is 2. The minimum Gasteiger partial charge on any atom is -0.354 e. The monoisotopic (exact) mass is 213 g/mol. The summed E-state index contributed by atoms with van der Waals surface area (Å²) >= 11 is 0. The number of amides is 2. The number of nitrogens with one attached hydrogen (secondary N) is 2. The van der Waals surface area contributed by atoms with E-state index in [0.29, 0.717) is 13.1 Å². The zero-order chi connectivity index (χ0) is 11.7. The molecule has 2 N–H and O–H groups in total. The van der Waals surface area contributed by atoms with Crippen molar-refractivity contribution >= 4 is 11.8 Å². The Morgan fingerprint density at radius 1 is 1.27 bits per heavy atom. The number of hydrogen-bond donors (Lipinski definition) is 2. The third-order valence-electron chi connectivity index (χ3n) is 1.65. The molecule has 15 heavy (non-hydrogen) atoms. The molecular weight excluding hydrogens is 194 g/mol. The lowest BCUT2D eigenvalue weighted by Crippen LogP contribution is -2.35. The highest BCUT2D eigenvalue weighted by Crippen LogP contribution is 1.80. The first-order valence-corrected chi connectivity index (χ1v) is 4.85.